The minimum Gasteiger partial charge on any atom is -0.454 e. The number of benzene rings is 1. The molecule has 2 aliphatic heterocycles. The zero-order chi connectivity index (χ0) is 15.6. The molecule has 0 bridgehead atoms. The third-order valence-corrected chi connectivity index (χ3v) is 4.12. The molecule has 23 heavy (non-hydrogen) atoms. The summed E-state index contributed by atoms with van der Waals surface area (Å²) in [4.78, 5) is 9.02. The van der Waals surface area contributed by atoms with Crippen LogP contribution < -0.4 is 14.8 Å². The van der Waals surface area contributed by atoms with E-state index in [9.17, 15) is 0 Å². The molecule has 6 heteroatoms. The highest BCUT2D eigenvalue weighted by Gasteiger charge is 2.20. The molecule has 4 rings (SSSR count). The van der Waals surface area contributed by atoms with Crippen molar-refractivity contribution in [2.24, 2.45) is 0 Å². The number of hydrogen-bond acceptors (Lipinski definition) is 6. The normalized spacial score (nSPS) is 19.1. The zero-order valence-electron chi connectivity index (χ0n) is 13.0. The van der Waals surface area contributed by atoms with Crippen molar-refractivity contribution in [1.82, 2.24) is 9.97 Å². The number of nitrogens with zero attached hydrogens (tertiary/aromatic N) is 2. The molecule has 2 aliphatic rings. The van der Waals surface area contributed by atoms with Crippen LogP contribution in [-0.2, 0) is 11.3 Å². The molecule has 0 saturated carbocycles. The monoisotopic (exact) mass is 313 g/mol. The molecule has 0 spiro atoms. The van der Waals surface area contributed by atoms with Gasteiger partial charge in [0.05, 0.1) is 12.3 Å². The number of anilines is 1. The Hall–Kier alpha value is -2.34. The molecule has 0 radical (unpaired) electrons. The highest BCUT2D eigenvalue weighted by Crippen LogP contribution is 2.32. The Morgan fingerprint density at radius 1 is 1.17 bits per heavy atom. The van der Waals surface area contributed by atoms with Crippen molar-refractivity contribution in [3.63, 3.8) is 0 Å². The van der Waals surface area contributed by atoms with Crippen LogP contribution in [0.5, 0.6) is 11.5 Å². The Bertz CT molecular complexity index is 714. The van der Waals surface area contributed by atoms with E-state index in [0.717, 1.165) is 54.0 Å². The summed E-state index contributed by atoms with van der Waals surface area (Å²) in [6, 6.07) is 7.99. The Labute approximate surface area is 134 Å². The first-order valence-electron chi connectivity index (χ1n) is 7.84. The van der Waals surface area contributed by atoms with Gasteiger partial charge in [0.25, 0.3) is 0 Å². The predicted octanol–water partition coefficient (Wildman–Crippen LogP) is 2.63. The molecule has 2 aromatic rings. The van der Waals surface area contributed by atoms with Crippen LogP contribution in [0.3, 0.4) is 0 Å². The smallest absolute Gasteiger partial charge is 0.231 e. The van der Waals surface area contributed by atoms with Gasteiger partial charge in [-0.25, -0.2) is 9.97 Å². The van der Waals surface area contributed by atoms with E-state index >= 15 is 0 Å². The van der Waals surface area contributed by atoms with E-state index in [0.29, 0.717) is 19.3 Å². The number of rotatable bonds is 4. The zero-order valence-corrected chi connectivity index (χ0v) is 13.0. The van der Waals surface area contributed by atoms with Gasteiger partial charge in [0.1, 0.15) is 11.6 Å². The Balaban J connectivity index is 1.48. The van der Waals surface area contributed by atoms with Crippen LogP contribution in [0.4, 0.5) is 5.82 Å². The maximum absolute atomic E-state index is 5.46. The average molecular weight is 313 g/mol. The lowest BCUT2D eigenvalue weighted by molar-refractivity contribution is 0.174. The van der Waals surface area contributed by atoms with E-state index in [1.807, 2.05) is 31.2 Å². The molecule has 3 heterocycles. The molecule has 1 N–H and O–H groups in total. The summed E-state index contributed by atoms with van der Waals surface area (Å²) >= 11 is 0. The third-order valence-electron chi connectivity index (χ3n) is 4.12. The van der Waals surface area contributed by atoms with Crippen LogP contribution in [-0.4, -0.2) is 30.0 Å². The number of aromatic nitrogens is 2. The first-order valence-corrected chi connectivity index (χ1v) is 7.84. The lowest BCUT2D eigenvalue weighted by Gasteiger charge is -2.12. The van der Waals surface area contributed by atoms with Crippen molar-refractivity contribution >= 4 is 5.82 Å². The first kappa shape index (κ1) is 14.3. The van der Waals surface area contributed by atoms with Crippen molar-refractivity contribution in [3.05, 3.63) is 41.3 Å². The second kappa shape index (κ2) is 6.04. The van der Waals surface area contributed by atoms with Crippen LogP contribution in [0.2, 0.25) is 0 Å². The average Bonchev–Trinajstić information content (AvgIpc) is 3.23. The SMILES string of the molecule is Cc1nc(NCc2ccc3c(c2)OCO3)cc([C@H]2CCOC2)n1. The molecular weight excluding hydrogens is 294 g/mol. The van der Waals surface area contributed by atoms with Crippen LogP contribution in [0.25, 0.3) is 0 Å². The number of ether oxygens (including phenoxy) is 3. The number of fused-ring (bicyclic) bond motifs is 1. The fraction of sp³-hybridized carbons (Fsp3) is 0.412. The summed E-state index contributed by atoms with van der Waals surface area (Å²) in [6.45, 7) is 4.45. The van der Waals surface area contributed by atoms with Gasteiger partial charge >= 0.3 is 0 Å². The molecular formula is C17H19N3O3. The summed E-state index contributed by atoms with van der Waals surface area (Å²) in [5, 5.41) is 3.37. The standard InChI is InChI=1S/C17H19N3O3/c1-11-19-14(13-4-5-21-9-13)7-17(20-11)18-8-12-2-3-15-16(6-12)23-10-22-15/h2-3,6-7,13H,4-5,8-10H2,1H3,(H,18,19,20)/t13-/m0/s1. The molecule has 1 atom stereocenters. The van der Waals surface area contributed by atoms with Crippen molar-refractivity contribution < 1.29 is 14.2 Å². The van der Waals surface area contributed by atoms with E-state index < -0.39 is 0 Å². The van der Waals surface area contributed by atoms with Gasteiger partial charge in [0, 0.05) is 25.1 Å². The van der Waals surface area contributed by atoms with Gasteiger partial charge in [0.2, 0.25) is 6.79 Å². The second-order valence-corrected chi connectivity index (χ2v) is 5.83. The van der Waals surface area contributed by atoms with Crippen molar-refractivity contribution in [3.8, 4) is 11.5 Å². The van der Waals surface area contributed by atoms with Gasteiger partial charge in [-0.2, -0.15) is 0 Å². The maximum Gasteiger partial charge on any atom is 0.231 e. The summed E-state index contributed by atoms with van der Waals surface area (Å²) in [5.41, 5.74) is 2.18. The topological polar surface area (TPSA) is 65.5 Å². The first-order chi connectivity index (χ1) is 11.3. The Morgan fingerprint density at radius 2 is 2.09 bits per heavy atom. The molecule has 0 aliphatic carbocycles. The molecule has 1 aromatic carbocycles. The minimum absolute atomic E-state index is 0.296. The molecule has 1 aromatic heterocycles. The van der Waals surface area contributed by atoms with Crippen LogP contribution in [0.1, 0.15) is 29.4 Å². The quantitative estimate of drug-likeness (QED) is 0.936. The highest BCUT2D eigenvalue weighted by atomic mass is 16.7. The van der Waals surface area contributed by atoms with Gasteiger partial charge in [-0.1, -0.05) is 6.07 Å². The lowest BCUT2D eigenvalue weighted by atomic mass is 10.0. The predicted molar refractivity (Wildman–Crippen MR) is 84.8 cm³/mol. The van der Waals surface area contributed by atoms with Gasteiger partial charge in [-0.15, -0.1) is 0 Å². The number of aryl methyl sites for hydroxylation is 1. The second-order valence-electron chi connectivity index (χ2n) is 5.83. The molecule has 1 saturated heterocycles. The fourth-order valence-electron chi connectivity index (χ4n) is 2.90. The highest BCUT2D eigenvalue weighted by molar-refractivity contribution is 5.46. The molecule has 120 valence electrons. The summed E-state index contributed by atoms with van der Waals surface area (Å²) in [5.74, 6) is 3.60. The summed E-state index contributed by atoms with van der Waals surface area (Å²) < 4.78 is 16.2. The number of hydrogen-bond donors (Lipinski definition) is 1. The fourth-order valence-corrected chi connectivity index (χ4v) is 2.90. The van der Waals surface area contributed by atoms with Crippen molar-refractivity contribution in [1.29, 1.82) is 0 Å². The Kier molecular flexibility index (Phi) is 3.75. The maximum atomic E-state index is 5.46. The van der Waals surface area contributed by atoms with Crippen LogP contribution >= 0.6 is 0 Å². The van der Waals surface area contributed by atoms with E-state index in [1.165, 1.54) is 0 Å². The van der Waals surface area contributed by atoms with Gasteiger partial charge in [-0.3, -0.25) is 0 Å². The van der Waals surface area contributed by atoms with E-state index in [1.54, 1.807) is 0 Å². The van der Waals surface area contributed by atoms with Crippen molar-refractivity contribution in [2.45, 2.75) is 25.8 Å². The van der Waals surface area contributed by atoms with Crippen LogP contribution in [0, 0.1) is 6.92 Å². The van der Waals surface area contributed by atoms with Crippen molar-refractivity contribution in [2.75, 3.05) is 25.3 Å². The van der Waals surface area contributed by atoms with Gasteiger partial charge in [0.15, 0.2) is 11.5 Å². The summed E-state index contributed by atoms with van der Waals surface area (Å²) in [6.07, 6.45) is 1.03. The van der Waals surface area contributed by atoms with Crippen LogP contribution in [0.15, 0.2) is 24.3 Å². The largest absolute Gasteiger partial charge is 0.454 e. The van der Waals surface area contributed by atoms with E-state index in [4.69, 9.17) is 14.2 Å². The molecule has 0 unspecified atom stereocenters. The van der Waals surface area contributed by atoms with Gasteiger partial charge < -0.3 is 19.5 Å². The lowest BCUT2D eigenvalue weighted by Crippen LogP contribution is -2.08. The van der Waals surface area contributed by atoms with Gasteiger partial charge in [-0.05, 0) is 31.0 Å². The summed E-state index contributed by atoms with van der Waals surface area (Å²) in [7, 11) is 0. The minimum atomic E-state index is 0.296. The third kappa shape index (κ3) is 3.07. The van der Waals surface area contributed by atoms with E-state index in [-0.39, 0.29) is 0 Å². The molecule has 0 amide bonds. The van der Waals surface area contributed by atoms with E-state index in [2.05, 4.69) is 15.3 Å². The molecule has 1 fully saturated rings. The molecule has 6 nitrogen and oxygen atoms in total. The number of nitrogens with one attached hydrogen (secondary N) is 1. The Morgan fingerprint density at radius 3 is 2.96 bits per heavy atom.